The van der Waals surface area contributed by atoms with E-state index in [0.717, 1.165) is 25.9 Å². The summed E-state index contributed by atoms with van der Waals surface area (Å²) in [5, 5.41) is 5.84. The van der Waals surface area contributed by atoms with Crippen LogP contribution in [-0.4, -0.2) is 60.3 Å². The first-order valence-electron chi connectivity index (χ1n) is 10.8. The van der Waals surface area contributed by atoms with Crippen LogP contribution in [0.1, 0.15) is 37.0 Å². The highest BCUT2D eigenvalue weighted by molar-refractivity contribution is 5.99. The first-order valence-corrected chi connectivity index (χ1v) is 10.8. The summed E-state index contributed by atoms with van der Waals surface area (Å²) < 4.78 is 12.6. The number of nitrogens with zero attached hydrogens (tertiary/aromatic N) is 2. The van der Waals surface area contributed by atoms with Crippen LogP contribution in [0.3, 0.4) is 0 Å². The van der Waals surface area contributed by atoms with E-state index in [1.807, 2.05) is 11.5 Å². The number of fused-ring (bicyclic) bond motifs is 2. The van der Waals surface area contributed by atoms with Crippen LogP contribution in [0.4, 0.5) is 0 Å². The predicted molar refractivity (Wildman–Crippen MR) is 116 cm³/mol. The first kappa shape index (κ1) is 21.2. The largest absolute Gasteiger partial charge is 0.454 e. The number of carbonyl (C=O) groups is 2. The Morgan fingerprint density at radius 3 is 2.65 bits per heavy atom. The normalized spacial score (nSPS) is 17.8. The number of rotatable bonds is 7. The Bertz CT molecular complexity index is 1060. The van der Waals surface area contributed by atoms with Gasteiger partial charge in [-0.15, -0.1) is 0 Å². The molecule has 0 saturated carbocycles. The quantitative estimate of drug-likeness (QED) is 0.684. The van der Waals surface area contributed by atoms with Gasteiger partial charge in [-0.1, -0.05) is 6.92 Å². The van der Waals surface area contributed by atoms with Gasteiger partial charge in [-0.05, 0) is 38.9 Å². The van der Waals surface area contributed by atoms with Gasteiger partial charge >= 0.3 is 0 Å². The minimum atomic E-state index is -0.571. The molecule has 1 atom stereocenters. The fourth-order valence-corrected chi connectivity index (χ4v) is 4.30. The summed E-state index contributed by atoms with van der Waals surface area (Å²) in [4.78, 5) is 40.2. The van der Waals surface area contributed by atoms with Crippen LogP contribution >= 0.6 is 0 Å². The van der Waals surface area contributed by atoms with Crippen LogP contribution in [0, 0.1) is 0 Å². The smallest absolute Gasteiger partial charge is 0.257 e. The number of benzene rings is 1. The molecule has 2 amide bonds. The molecular formula is C22H28N4O5. The lowest BCUT2D eigenvalue weighted by Gasteiger charge is -2.22. The van der Waals surface area contributed by atoms with Gasteiger partial charge in [0.15, 0.2) is 11.5 Å². The van der Waals surface area contributed by atoms with Crippen molar-refractivity contribution in [1.29, 1.82) is 0 Å². The molecular weight excluding hydrogens is 400 g/mol. The highest BCUT2D eigenvalue weighted by atomic mass is 16.7. The van der Waals surface area contributed by atoms with Crippen molar-refractivity contribution in [2.75, 3.05) is 33.0 Å². The number of nitrogens with one attached hydrogen (secondary N) is 2. The number of likely N-dealkylation sites (N-methyl/N-ethyl adjacent to an activating group) is 1. The van der Waals surface area contributed by atoms with Crippen LogP contribution in [0.15, 0.2) is 23.1 Å². The van der Waals surface area contributed by atoms with Gasteiger partial charge < -0.3 is 24.7 Å². The van der Waals surface area contributed by atoms with Crippen LogP contribution in [0.5, 0.6) is 11.5 Å². The van der Waals surface area contributed by atoms with Crippen molar-refractivity contribution in [2.24, 2.45) is 0 Å². The van der Waals surface area contributed by atoms with Crippen LogP contribution in [-0.2, 0) is 11.3 Å². The number of aryl methyl sites for hydroxylation is 1. The lowest BCUT2D eigenvalue weighted by Crippen LogP contribution is -2.44. The van der Waals surface area contributed by atoms with Gasteiger partial charge in [0, 0.05) is 31.4 Å². The topological polar surface area (TPSA) is 102 Å². The average Bonchev–Trinajstić information content (AvgIpc) is 3.43. The van der Waals surface area contributed by atoms with Crippen molar-refractivity contribution < 1.29 is 19.1 Å². The van der Waals surface area contributed by atoms with Gasteiger partial charge in [0.1, 0.15) is 5.56 Å². The molecule has 2 N–H and O–H groups in total. The standard InChI is InChI=1S/C22H28N4O5/c1-3-25-7-5-6-14(25)10-23-20(27)11-24-22(29)16-12-26(4-2)17-9-19-18(30-13-31-19)8-15(17)21(16)28/h8-9,12,14H,3-7,10-11,13H2,1-2H3,(H,23,27)(H,24,29). The Hall–Kier alpha value is -3.07. The Kier molecular flexibility index (Phi) is 6.13. The number of amides is 2. The molecule has 1 aromatic carbocycles. The molecule has 9 heteroatoms. The molecule has 0 radical (unpaired) electrons. The molecule has 2 aliphatic rings. The number of hydrogen-bond acceptors (Lipinski definition) is 6. The Morgan fingerprint density at radius 2 is 1.90 bits per heavy atom. The Labute approximate surface area is 180 Å². The van der Waals surface area contributed by atoms with E-state index in [1.54, 1.807) is 12.1 Å². The number of hydrogen-bond donors (Lipinski definition) is 2. The van der Waals surface area contributed by atoms with Crippen LogP contribution in [0.25, 0.3) is 10.9 Å². The average molecular weight is 428 g/mol. The second kappa shape index (κ2) is 8.97. The molecule has 31 heavy (non-hydrogen) atoms. The van der Waals surface area contributed by atoms with Crippen molar-refractivity contribution in [3.63, 3.8) is 0 Å². The summed E-state index contributed by atoms with van der Waals surface area (Å²) in [6.45, 7) is 7.10. The zero-order valence-corrected chi connectivity index (χ0v) is 17.9. The fraction of sp³-hybridized carbons (Fsp3) is 0.500. The van der Waals surface area contributed by atoms with Crippen LogP contribution < -0.4 is 25.5 Å². The summed E-state index contributed by atoms with van der Waals surface area (Å²) >= 11 is 0. The van der Waals surface area contributed by atoms with Gasteiger partial charge in [-0.25, -0.2) is 0 Å². The maximum absolute atomic E-state index is 13.0. The number of carbonyl (C=O) groups excluding carboxylic acids is 2. The van der Waals surface area contributed by atoms with Crippen molar-refractivity contribution in [2.45, 2.75) is 39.3 Å². The number of aromatic nitrogens is 1. The predicted octanol–water partition coefficient (Wildman–Crippen LogP) is 1.08. The van der Waals surface area contributed by atoms with E-state index in [9.17, 15) is 14.4 Å². The van der Waals surface area contributed by atoms with E-state index in [0.29, 0.717) is 41.5 Å². The highest BCUT2D eigenvalue weighted by Crippen LogP contribution is 2.35. The number of ether oxygens (including phenoxy) is 2. The van der Waals surface area contributed by atoms with Gasteiger partial charge in [0.05, 0.1) is 17.4 Å². The maximum Gasteiger partial charge on any atom is 0.257 e. The third kappa shape index (κ3) is 4.23. The lowest BCUT2D eigenvalue weighted by molar-refractivity contribution is -0.120. The minimum Gasteiger partial charge on any atom is -0.454 e. The summed E-state index contributed by atoms with van der Waals surface area (Å²) in [5.41, 5.74) is 0.262. The molecule has 1 aromatic heterocycles. The molecule has 4 rings (SSSR count). The zero-order valence-electron chi connectivity index (χ0n) is 17.9. The number of pyridine rings is 1. The van der Waals surface area contributed by atoms with Gasteiger partial charge in [-0.3, -0.25) is 19.3 Å². The molecule has 9 nitrogen and oxygen atoms in total. The fourth-order valence-electron chi connectivity index (χ4n) is 4.30. The molecule has 0 bridgehead atoms. The molecule has 1 fully saturated rings. The van der Waals surface area contributed by atoms with Crippen molar-refractivity contribution in [3.8, 4) is 11.5 Å². The maximum atomic E-state index is 13.0. The van der Waals surface area contributed by atoms with Crippen LogP contribution in [0.2, 0.25) is 0 Å². The van der Waals surface area contributed by atoms with Crippen molar-refractivity contribution in [3.05, 3.63) is 34.1 Å². The second-order valence-electron chi connectivity index (χ2n) is 7.79. The first-order chi connectivity index (χ1) is 15.0. The summed E-state index contributed by atoms with van der Waals surface area (Å²) in [6.07, 6.45) is 3.72. The van der Waals surface area contributed by atoms with Gasteiger partial charge in [0.2, 0.25) is 18.1 Å². The van der Waals surface area contributed by atoms with E-state index in [2.05, 4.69) is 22.5 Å². The molecule has 0 spiro atoms. The lowest BCUT2D eigenvalue weighted by atomic mass is 10.1. The molecule has 0 aliphatic carbocycles. The van der Waals surface area contributed by atoms with E-state index < -0.39 is 11.3 Å². The van der Waals surface area contributed by atoms with E-state index in [1.165, 1.54) is 6.20 Å². The summed E-state index contributed by atoms with van der Waals surface area (Å²) in [5.74, 6) is 0.221. The SMILES string of the molecule is CCN1CCCC1CNC(=O)CNC(=O)c1cn(CC)c2cc3c(cc2c1=O)OCO3. The molecule has 2 aliphatic heterocycles. The molecule has 2 aromatic rings. The molecule has 166 valence electrons. The van der Waals surface area contributed by atoms with Crippen molar-refractivity contribution in [1.82, 2.24) is 20.1 Å². The monoisotopic (exact) mass is 428 g/mol. The van der Waals surface area contributed by atoms with Crippen molar-refractivity contribution >= 4 is 22.7 Å². The summed E-state index contributed by atoms with van der Waals surface area (Å²) in [6, 6.07) is 3.70. The number of likely N-dealkylation sites (tertiary alicyclic amines) is 1. The molecule has 1 saturated heterocycles. The van der Waals surface area contributed by atoms with E-state index in [4.69, 9.17) is 9.47 Å². The van der Waals surface area contributed by atoms with Gasteiger partial charge in [-0.2, -0.15) is 0 Å². The zero-order chi connectivity index (χ0) is 22.0. The Balaban J connectivity index is 1.45. The second-order valence-corrected chi connectivity index (χ2v) is 7.79. The minimum absolute atomic E-state index is 0.00559. The Morgan fingerprint density at radius 1 is 1.13 bits per heavy atom. The van der Waals surface area contributed by atoms with Gasteiger partial charge in [0.25, 0.3) is 5.91 Å². The third-order valence-corrected chi connectivity index (χ3v) is 6.01. The summed E-state index contributed by atoms with van der Waals surface area (Å²) in [7, 11) is 0. The molecule has 3 heterocycles. The molecule has 1 unspecified atom stereocenters. The highest BCUT2D eigenvalue weighted by Gasteiger charge is 2.24. The van der Waals surface area contributed by atoms with E-state index in [-0.39, 0.29) is 24.8 Å². The third-order valence-electron chi connectivity index (χ3n) is 6.01. The van der Waals surface area contributed by atoms with E-state index >= 15 is 0 Å².